The molecule has 1 aliphatic rings. The van der Waals surface area contributed by atoms with E-state index in [1.807, 2.05) is 0 Å². The minimum Gasteiger partial charge on any atom is -0.330 e. The third kappa shape index (κ3) is 2.70. The van der Waals surface area contributed by atoms with Crippen molar-refractivity contribution < 1.29 is 0 Å². The Balaban J connectivity index is 2.65. The fraction of sp³-hybridized carbons (Fsp3) is 1.00. The van der Waals surface area contributed by atoms with E-state index in [1.54, 1.807) is 0 Å². The average Bonchev–Trinajstić information content (AvgIpc) is 2.25. The van der Waals surface area contributed by atoms with Gasteiger partial charge < -0.3 is 5.73 Å². The van der Waals surface area contributed by atoms with Gasteiger partial charge in [0.15, 0.2) is 0 Å². The smallest absolute Gasteiger partial charge is 0.00487 e. The molecule has 1 nitrogen and oxygen atoms in total. The third-order valence-electron chi connectivity index (χ3n) is 3.90. The van der Waals surface area contributed by atoms with E-state index in [9.17, 15) is 0 Å². The Bertz CT molecular complexity index is 151. The van der Waals surface area contributed by atoms with Gasteiger partial charge in [0, 0.05) is 0 Å². The zero-order valence-electron chi connectivity index (χ0n) is 9.47. The highest BCUT2D eigenvalue weighted by atomic mass is 14.6. The van der Waals surface area contributed by atoms with Crippen LogP contribution in [-0.4, -0.2) is 6.54 Å². The Hall–Kier alpha value is -0.0400. The monoisotopic (exact) mass is 183 g/mol. The molecule has 0 heterocycles. The summed E-state index contributed by atoms with van der Waals surface area (Å²) in [7, 11) is 0. The van der Waals surface area contributed by atoms with Crippen LogP contribution < -0.4 is 5.73 Å². The fourth-order valence-corrected chi connectivity index (χ4v) is 2.92. The molecule has 1 heteroatoms. The predicted molar refractivity (Wildman–Crippen MR) is 58.6 cm³/mol. The van der Waals surface area contributed by atoms with Gasteiger partial charge in [-0.3, -0.25) is 0 Å². The predicted octanol–water partition coefficient (Wildman–Crippen LogP) is 3.19. The quantitative estimate of drug-likeness (QED) is 0.654. The molecule has 0 bridgehead atoms. The van der Waals surface area contributed by atoms with Gasteiger partial charge in [0.25, 0.3) is 0 Å². The summed E-state index contributed by atoms with van der Waals surface area (Å²) in [5.74, 6) is 1.55. The minimum atomic E-state index is 0.523. The van der Waals surface area contributed by atoms with Crippen LogP contribution in [0, 0.1) is 17.3 Å². The first-order valence-electron chi connectivity index (χ1n) is 5.78. The van der Waals surface area contributed by atoms with Crippen molar-refractivity contribution in [2.24, 2.45) is 23.0 Å². The molecule has 1 saturated carbocycles. The zero-order valence-corrected chi connectivity index (χ0v) is 9.47. The summed E-state index contributed by atoms with van der Waals surface area (Å²) < 4.78 is 0. The molecule has 2 N–H and O–H groups in total. The number of hydrogen-bond donors (Lipinski definition) is 1. The number of rotatable bonds is 2. The molecule has 0 aromatic rings. The topological polar surface area (TPSA) is 26.0 Å². The van der Waals surface area contributed by atoms with Crippen molar-refractivity contribution in [2.45, 2.75) is 52.9 Å². The summed E-state index contributed by atoms with van der Waals surface area (Å²) in [4.78, 5) is 0. The molecule has 1 rings (SSSR count). The molecule has 13 heavy (non-hydrogen) atoms. The van der Waals surface area contributed by atoms with Crippen molar-refractivity contribution in [3.63, 3.8) is 0 Å². The van der Waals surface area contributed by atoms with Crippen LogP contribution in [0.4, 0.5) is 0 Å². The maximum atomic E-state index is 5.78. The molecule has 1 fully saturated rings. The van der Waals surface area contributed by atoms with Gasteiger partial charge in [0.05, 0.1) is 0 Å². The van der Waals surface area contributed by atoms with Crippen LogP contribution in [-0.2, 0) is 0 Å². The first-order valence-corrected chi connectivity index (χ1v) is 5.78. The molecule has 2 atom stereocenters. The van der Waals surface area contributed by atoms with Crippen LogP contribution in [0.1, 0.15) is 52.9 Å². The summed E-state index contributed by atoms with van der Waals surface area (Å²) >= 11 is 0. The second-order valence-electron chi connectivity index (χ2n) is 5.41. The maximum absolute atomic E-state index is 5.78. The second kappa shape index (κ2) is 4.45. The van der Waals surface area contributed by atoms with E-state index in [2.05, 4.69) is 20.8 Å². The molecule has 0 saturated heterocycles. The van der Waals surface area contributed by atoms with Crippen molar-refractivity contribution in [3.8, 4) is 0 Å². The van der Waals surface area contributed by atoms with Crippen molar-refractivity contribution in [3.05, 3.63) is 0 Å². The van der Waals surface area contributed by atoms with Crippen LogP contribution in [0.2, 0.25) is 0 Å². The second-order valence-corrected chi connectivity index (χ2v) is 5.41. The van der Waals surface area contributed by atoms with Gasteiger partial charge in [-0.25, -0.2) is 0 Å². The molecule has 0 aromatic heterocycles. The number of hydrogen-bond acceptors (Lipinski definition) is 1. The SMILES string of the molecule is CC(CN)C1CCCCCC1(C)C. The number of nitrogens with two attached hydrogens (primary N) is 1. The van der Waals surface area contributed by atoms with E-state index in [1.165, 1.54) is 32.1 Å². The van der Waals surface area contributed by atoms with Gasteiger partial charge in [-0.05, 0) is 36.6 Å². The van der Waals surface area contributed by atoms with Gasteiger partial charge in [0.1, 0.15) is 0 Å². The molecule has 0 spiro atoms. The lowest BCUT2D eigenvalue weighted by atomic mass is 9.69. The van der Waals surface area contributed by atoms with Gasteiger partial charge >= 0.3 is 0 Å². The van der Waals surface area contributed by atoms with E-state index in [4.69, 9.17) is 5.73 Å². The van der Waals surface area contributed by atoms with Gasteiger partial charge in [-0.1, -0.05) is 40.0 Å². The largest absolute Gasteiger partial charge is 0.330 e. The van der Waals surface area contributed by atoms with E-state index in [0.29, 0.717) is 11.3 Å². The Morgan fingerprint density at radius 3 is 2.62 bits per heavy atom. The Morgan fingerprint density at radius 2 is 2.00 bits per heavy atom. The molecule has 2 unspecified atom stereocenters. The summed E-state index contributed by atoms with van der Waals surface area (Å²) in [6, 6.07) is 0. The lowest BCUT2D eigenvalue weighted by molar-refractivity contribution is 0.139. The van der Waals surface area contributed by atoms with Crippen molar-refractivity contribution >= 4 is 0 Å². The third-order valence-corrected chi connectivity index (χ3v) is 3.90. The summed E-state index contributed by atoms with van der Waals surface area (Å²) in [6.07, 6.45) is 7.05. The van der Waals surface area contributed by atoms with E-state index >= 15 is 0 Å². The van der Waals surface area contributed by atoms with Crippen molar-refractivity contribution in [1.29, 1.82) is 0 Å². The van der Waals surface area contributed by atoms with Gasteiger partial charge in [-0.15, -0.1) is 0 Å². The summed E-state index contributed by atoms with van der Waals surface area (Å²) in [6.45, 7) is 8.02. The molecule has 0 aliphatic heterocycles. The summed E-state index contributed by atoms with van der Waals surface area (Å²) in [5, 5.41) is 0. The molecule has 1 aliphatic carbocycles. The van der Waals surface area contributed by atoms with Crippen LogP contribution in [0.25, 0.3) is 0 Å². The normalized spacial score (nSPS) is 30.9. The van der Waals surface area contributed by atoms with Gasteiger partial charge in [0.2, 0.25) is 0 Å². The molecule has 0 radical (unpaired) electrons. The Morgan fingerprint density at radius 1 is 1.31 bits per heavy atom. The Labute approximate surface area is 83.1 Å². The van der Waals surface area contributed by atoms with Crippen molar-refractivity contribution in [1.82, 2.24) is 0 Å². The maximum Gasteiger partial charge on any atom is -0.00487 e. The van der Waals surface area contributed by atoms with E-state index in [0.717, 1.165) is 12.5 Å². The summed E-state index contributed by atoms with van der Waals surface area (Å²) in [5.41, 5.74) is 6.30. The van der Waals surface area contributed by atoms with Crippen LogP contribution in [0.15, 0.2) is 0 Å². The fourth-order valence-electron chi connectivity index (χ4n) is 2.92. The molecular formula is C12H25N. The Kier molecular flexibility index (Phi) is 3.78. The van der Waals surface area contributed by atoms with Crippen LogP contribution >= 0.6 is 0 Å². The molecule has 78 valence electrons. The van der Waals surface area contributed by atoms with E-state index < -0.39 is 0 Å². The highest BCUT2D eigenvalue weighted by molar-refractivity contribution is 4.84. The van der Waals surface area contributed by atoms with Crippen LogP contribution in [0.5, 0.6) is 0 Å². The van der Waals surface area contributed by atoms with E-state index in [-0.39, 0.29) is 0 Å². The lowest BCUT2D eigenvalue weighted by Gasteiger charge is -2.36. The average molecular weight is 183 g/mol. The van der Waals surface area contributed by atoms with Crippen LogP contribution in [0.3, 0.4) is 0 Å². The zero-order chi connectivity index (χ0) is 9.90. The minimum absolute atomic E-state index is 0.523. The highest BCUT2D eigenvalue weighted by Crippen LogP contribution is 2.42. The highest BCUT2D eigenvalue weighted by Gasteiger charge is 2.33. The first kappa shape index (κ1) is 11.0. The van der Waals surface area contributed by atoms with Crippen molar-refractivity contribution in [2.75, 3.05) is 6.54 Å². The van der Waals surface area contributed by atoms with Gasteiger partial charge in [-0.2, -0.15) is 0 Å². The first-order chi connectivity index (χ1) is 6.08. The standard InChI is InChI=1S/C12H25N/c1-10(9-13)11-7-5-4-6-8-12(11,2)3/h10-11H,4-9,13H2,1-3H3. The molecule has 0 aromatic carbocycles. The molecule has 0 amide bonds. The lowest BCUT2D eigenvalue weighted by Crippen LogP contribution is -2.32. The molecular weight excluding hydrogens is 158 g/mol.